The molecular weight excluding hydrogens is 332 g/mol. The smallest absolute Gasteiger partial charge is 0.193 e. The van der Waals surface area contributed by atoms with Gasteiger partial charge in [0.15, 0.2) is 5.78 Å². The van der Waals surface area contributed by atoms with E-state index in [4.69, 9.17) is 4.74 Å². The molecule has 2 heteroatoms. The normalized spacial score (nSPS) is 18.5. The van der Waals surface area contributed by atoms with Crippen molar-refractivity contribution in [1.82, 2.24) is 0 Å². The summed E-state index contributed by atoms with van der Waals surface area (Å²) < 4.78 is 5.85. The Morgan fingerprint density at radius 1 is 1.00 bits per heavy atom. The zero-order valence-electron chi connectivity index (χ0n) is 16.7. The third-order valence-electron chi connectivity index (χ3n) is 5.75. The zero-order valence-corrected chi connectivity index (χ0v) is 16.7. The van der Waals surface area contributed by atoms with Crippen molar-refractivity contribution in [2.24, 2.45) is 11.3 Å². The highest BCUT2D eigenvalue weighted by molar-refractivity contribution is 6.08. The van der Waals surface area contributed by atoms with Gasteiger partial charge in [-0.2, -0.15) is 0 Å². The molecule has 0 spiro atoms. The van der Waals surface area contributed by atoms with Crippen molar-refractivity contribution in [1.29, 1.82) is 0 Å². The molecule has 1 aliphatic carbocycles. The summed E-state index contributed by atoms with van der Waals surface area (Å²) in [7, 11) is 0. The van der Waals surface area contributed by atoms with Crippen molar-refractivity contribution < 1.29 is 9.53 Å². The maximum Gasteiger partial charge on any atom is 0.193 e. The van der Waals surface area contributed by atoms with E-state index >= 15 is 0 Å². The van der Waals surface area contributed by atoms with Crippen LogP contribution in [0.5, 0.6) is 0 Å². The lowest BCUT2D eigenvalue weighted by Gasteiger charge is -2.17. The van der Waals surface area contributed by atoms with Crippen molar-refractivity contribution >= 4 is 5.78 Å². The number of rotatable bonds is 9. The molecule has 144 valence electrons. The molecule has 0 heterocycles. The van der Waals surface area contributed by atoms with Gasteiger partial charge >= 0.3 is 0 Å². The predicted molar refractivity (Wildman–Crippen MR) is 111 cm³/mol. The first-order valence-corrected chi connectivity index (χ1v) is 10.3. The van der Waals surface area contributed by atoms with Crippen LogP contribution < -0.4 is 0 Å². The number of carbonyl (C=O) groups excluding carboxylic acids is 1. The van der Waals surface area contributed by atoms with Gasteiger partial charge in [-0.3, -0.25) is 4.79 Å². The van der Waals surface area contributed by atoms with Gasteiger partial charge in [0.05, 0.1) is 0 Å². The van der Waals surface area contributed by atoms with E-state index in [1.165, 1.54) is 31.2 Å². The highest BCUT2D eigenvalue weighted by atomic mass is 16.5. The molecule has 0 radical (unpaired) electrons. The number of ketones is 1. The van der Waals surface area contributed by atoms with Gasteiger partial charge in [0, 0.05) is 24.3 Å². The quantitative estimate of drug-likeness (QED) is 0.398. The summed E-state index contributed by atoms with van der Waals surface area (Å²) in [4.78, 5) is 12.4. The molecule has 27 heavy (non-hydrogen) atoms. The van der Waals surface area contributed by atoms with Crippen LogP contribution in [0.2, 0.25) is 0 Å². The van der Waals surface area contributed by atoms with Gasteiger partial charge < -0.3 is 4.74 Å². The molecule has 1 aliphatic rings. The molecule has 3 rings (SSSR count). The van der Waals surface area contributed by atoms with E-state index < -0.39 is 0 Å². The van der Waals surface area contributed by atoms with Gasteiger partial charge in [0.2, 0.25) is 0 Å². The summed E-state index contributed by atoms with van der Waals surface area (Å²) in [5, 5.41) is 0. The lowest BCUT2D eigenvalue weighted by Crippen LogP contribution is -2.07. The lowest BCUT2D eigenvalue weighted by atomic mass is 9.90. The van der Waals surface area contributed by atoms with E-state index in [0.717, 1.165) is 43.1 Å². The minimum absolute atomic E-state index is 0.0839. The summed E-state index contributed by atoms with van der Waals surface area (Å²) >= 11 is 0. The van der Waals surface area contributed by atoms with Crippen LogP contribution in [-0.4, -0.2) is 19.0 Å². The second-order valence-electron chi connectivity index (χ2n) is 8.67. The highest BCUT2D eigenvalue weighted by Crippen LogP contribution is 2.42. The van der Waals surface area contributed by atoms with Crippen LogP contribution in [0, 0.1) is 11.3 Å². The molecule has 0 aromatic heterocycles. The first-order chi connectivity index (χ1) is 13.0. The van der Waals surface area contributed by atoms with E-state index in [-0.39, 0.29) is 5.78 Å². The van der Waals surface area contributed by atoms with E-state index in [2.05, 4.69) is 26.0 Å². The summed E-state index contributed by atoms with van der Waals surface area (Å²) in [5.41, 5.74) is 3.30. The molecule has 1 saturated carbocycles. The van der Waals surface area contributed by atoms with E-state index in [0.29, 0.717) is 5.41 Å². The fourth-order valence-corrected chi connectivity index (χ4v) is 4.14. The van der Waals surface area contributed by atoms with Crippen molar-refractivity contribution in [3.8, 4) is 0 Å². The molecule has 2 aromatic rings. The number of hydrogen-bond acceptors (Lipinski definition) is 2. The maximum atomic E-state index is 12.4. The molecule has 1 unspecified atom stereocenters. The second-order valence-corrected chi connectivity index (χ2v) is 8.67. The molecular formula is C25H32O2. The molecule has 0 amide bonds. The fraction of sp³-hybridized carbons (Fsp3) is 0.480. The van der Waals surface area contributed by atoms with E-state index in [1.54, 1.807) is 0 Å². The molecule has 0 aliphatic heterocycles. The summed E-state index contributed by atoms with van der Waals surface area (Å²) in [6.07, 6.45) is 7.31. The maximum absolute atomic E-state index is 12.4. The first kappa shape index (κ1) is 19.8. The van der Waals surface area contributed by atoms with Crippen LogP contribution in [-0.2, 0) is 11.2 Å². The standard InChI is InChI=1S/C25H32O2/c1-25(2)16-14-21(19-25)15-18-27-17-6-7-20-10-12-23(13-11-20)24(26)22-8-4-3-5-9-22/h3-5,8-13,21H,6-7,14-19H2,1-2H3. The highest BCUT2D eigenvalue weighted by Gasteiger charge is 2.30. The van der Waals surface area contributed by atoms with Gasteiger partial charge in [-0.05, 0) is 55.4 Å². The topological polar surface area (TPSA) is 26.3 Å². The number of aryl methyl sites for hydroxylation is 1. The van der Waals surface area contributed by atoms with Crippen LogP contribution in [0.1, 0.15) is 67.4 Å². The molecule has 2 aromatic carbocycles. The van der Waals surface area contributed by atoms with Crippen LogP contribution in [0.3, 0.4) is 0 Å². The summed E-state index contributed by atoms with van der Waals surface area (Å²) in [6.45, 7) is 6.48. The lowest BCUT2D eigenvalue weighted by molar-refractivity contribution is 0.103. The van der Waals surface area contributed by atoms with Gasteiger partial charge in [0.1, 0.15) is 0 Å². The molecule has 2 nitrogen and oxygen atoms in total. The average Bonchev–Trinajstić information content (AvgIpc) is 3.04. The molecule has 0 saturated heterocycles. The Kier molecular flexibility index (Phi) is 6.84. The summed E-state index contributed by atoms with van der Waals surface area (Å²) in [6, 6.07) is 17.5. The minimum atomic E-state index is 0.0839. The van der Waals surface area contributed by atoms with Gasteiger partial charge in [-0.1, -0.05) is 68.4 Å². The second kappa shape index (κ2) is 9.32. The Labute approximate surface area is 164 Å². The predicted octanol–water partition coefficient (Wildman–Crippen LogP) is 6.08. The van der Waals surface area contributed by atoms with Crippen LogP contribution >= 0.6 is 0 Å². The Morgan fingerprint density at radius 2 is 1.70 bits per heavy atom. The van der Waals surface area contributed by atoms with Gasteiger partial charge in [-0.15, -0.1) is 0 Å². The number of hydrogen-bond donors (Lipinski definition) is 0. The van der Waals surface area contributed by atoms with E-state index in [1.807, 2.05) is 42.5 Å². The largest absolute Gasteiger partial charge is 0.381 e. The number of benzene rings is 2. The van der Waals surface area contributed by atoms with Gasteiger partial charge in [-0.25, -0.2) is 0 Å². The monoisotopic (exact) mass is 364 g/mol. The molecule has 1 atom stereocenters. The van der Waals surface area contributed by atoms with Crippen molar-refractivity contribution in [3.05, 3.63) is 71.3 Å². The zero-order chi connectivity index (χ0) is 19.1. The SMILES string of the molecule is CC1(C)CCC(CCOCCCc2ccc(C(=O)c3ccccc3)cc2)C1. The average molecular weight is 365 g/mol. The minimum Gasteiger partial charge on any atom is -0.381 e. The third-order valence-corrected chi connectivity index (χ3v) is 5.75. The third kappa shape index (κ3) is 6.04. The Hall–Kier alpha value is -1.93. The Morgan fingerprint density at radius 3 is 2.37 bits per heavy atom. The fourth-order valence-electron chi connectivity index (χ4n) is 4.14. The number of ether oxygens (including phenoxy) is 1. The summed E-state index contributed by atoms with van der Waals surface area (Å²) in [5.74, 6) is 0.940. The van der Waals surface area contributed by atoms with E-state index in [9.17, 15) is 4.79 Å². The Balaban J connectivity index is 1.34. The Bertz CT molecular complexity index is 716. The first-order valence-electron chi connectivity index (χ1n) is 10.3. The van der Waals surface area contributed by atoms with Crippen LogP contribution in [0.25, 0.3) is 0 Å². The number of carbonyl (C=O) groups is 1. The molecule has 1 fully saturated rings. The van der Waals surface area contributed by atoms with Crippen molar-refractivity contribution in [3.63, 3.8) is 0 Å². The molecule has 0 N–H and O–H groups in total. The van der Waals surface area contributed by atoms with Crippen LogP contribution in [0.15, 0.2) is 54.6 Å². The van der Waals surface area contributed by atoms with Crippen LogP contribution in [0.4, 0.5) is 0 Å². The van der Waals surface area contributed by atoms with Crippen molar-refractivity contribution in [2.45, 2.75) is 52.4 Å². The van der Waals surface area contributed by atoms with Gasteiger partial charge in [0.25, 0.3) is 0 Å². The van der Waals surface area contributed by atoms with Crippen molar-refractivity contribution in [2.75, 3.05) is 13.2 Å². The molecule has 0 bridgehead atoms.